The van der Waals surface area contributed by atoms with E-state index in [1.165, 1.54) is 6.07 Å². The van der Waals surface area contributed by atoms with E-state index in [1.54, 1.807) is 13.0 Å². The molecule has 2 heterocycles. The van der Waals surface area contributed by atoms with Gasteiger partial charge in [0.2, 0.25) is 0 Å². The Kier molecular flexibility index (Phi) is 2.82. The van der Waals surface area contributed by atoms with Crippen molar-refractivity contribution in [2.45, 2.75) is 13.8 Å². The summed E-state index contributed by atoms with van der Waals surface area (Å²) in [5, 5.41) is 8.92. The number of hydrogen-bond acceptors (Lipinski definition) is 4. The van der Waals surface area contributed by atoms with Crippen molar-refractivity contribution < 1.29 is 9.90 Å². The minimum absolute atomic E-state index is 0.0178. The van der Waals surface area contributed by atoms with Crippen LogP contribution in [0.15, 0.2) is 24.3 Å². The quantitative estimate of drug-likeness (QED) is 0.850. The van der Waals surface area contributed by atoms with E-state index in [9.17, 15) is 4.79 Å². The van der Waals surface area contributed by atoms with E-state index in [0.29, 0.717) is 17.2 Å². The van der Waals surface area contributed by atoms with Crippen LogP contribution in [0, 0.1) is 13.8 Å². The summed E-state index contributed by atoms with van der Waals surface area (Å²) in [5.41, 5.74) is 2.01. The van der Waals surface area contributed by atoms with Gasteiger partial charge in [-0.1, -0.05) is 6.07 Å². The summed E-state index contributed by atoms with van der Waals surface area (Å²) in [5.74, 6) is -0.726. The van der Waals surface area contributed by atoms with Gasteiger partial charge in [0.05, 0.1) is 0 Å². The molecule has 86 valence electrons. The first-order valence-electron chi connectivity index (χ1n) is 5.09. The van der Waals surface area contributed by atoms with Crippen molar-refractivity contribution in [1.29, 1.82) is 0 Å². The first-order chi connectivity index (χ1) is 8.06. The topological polar surface area (TPSA) is 76.0 Å². The number of carbonyl (C=O) groups is 1. The fourth-order valence-electron chi connectivity index (χ4n) is 1.46. The van der Waals surface area contributed by atoms with Crippen molar-refractivity contribution in [2.75, 3.05) is 0 Å². The summed E-state index contributed by atoms with van der Waals surface area (Å²) in [4.78, 5) is 23.3. The summed E-state index contributed by atoms with van der Waals surface area (Å²) in [6.07, 6.45) is 0. The van der Waals surface area contributed by atoms with Crippen LogP contribution in [0.1, 0.15) is 21.9 Å². The van der Waals surface area contributed by atoms with Crippen molar-refractivity contribution in [3.05, 3.63) is 41.3 Å². The Labute approximate surface area is 98.2 Å². The molecule has 0 aliphatic rings. The minimum atomic E-state index is -1.07. The average Bonchev–Trinajstić information content (AvgIpc) is 2.28. The number of aromatic nitrogens is 3. The predicted octanol–water partition coefficient (Wildman–Crippen LogP) is 1.85. The van der Waals surface area contributed by atoms with Crippen LogP contribution in [0.2, 0.25) is 0 Å². The SMILES string of the molecule is Cc1cccc(-c2nc(C)cc(C(=O)O)n2)n1. The molecule has 2 aromatic rings. The second kappa shape index (κ2) is 4.29. The third-order valence-electron chi connectivity index (χ3n) is 2.19. The lowest BCUT2D eigenvalue weighted by Gasteiger charge is -2.03. The molecule has 0 aliphatic carbocycles. The third kappa shape index (κ3) is 2.44. The van der Waals surface area contributed by atoms with Crippen molar-refractivity contribution >= 4 is 5.97 Å². The van der Waals surface area contributed by atoms with Gasteiger partial charge in [-0.2, -0.15) is 0 Å². The van der Waals surface area contributed by atoms with Crippen LogP contribution in [0.3, 0.4) is 0 Å². The molecule has 0 spiro atoms. The number of nitrogens with zero attached hydrogens (tertiary/aromatic N) is 3. The molecule has 0 aliphatic heterocycles. The number of pyridine rings is 1. The molecule has 2 aromatic heterocycles. The Morgan fingerprint density at radius 1 is 1.12 bits per heavy atom. The summed E-state index contributed by atoms with van der Waals surface area (Å²) in [6.45, 7) is 3.59. The smallest absolute Gasteiger partial charge is 0.354 e. The molecule has 0 aromatic carbocycles. The van der Waals surface area contributed by atoms with Crippen LogP contribution in [-0.2, 0) is 0 Å². The molecule has 0 radical (unpaired) electrons. The van der Waals surface area contributed by atoms with Gasteiger partial charge in [-0.3, -0.25) is 0 Å². The Bertz CT molecular complexity index is 582. The van der Waals surface area contributed by atoms with Gasteiger partial charge in [0.1, 0.15) is 5.69 Å². The molecular formula is C12H11N3O2. The van der Waals surface area contributed by atoms with Gasteiger partial charge in [-0.25, -0.2) is 19.7 Å². The number of aryl methyl sites for hydroxylation is 2. The zero-order valence-electron chi connectivity index (χ0n) is 9.51. The van der Waals surface area contributed by atoms with Crippen molar-refractivity contribution in [3.63, 3.8) is 0 Å². The van der Waals surface area contributed by atoms with Crippen LogP contribution >= 0.6 is 0 Å². The number of carboxylic acid groups (broad SMARTS) is 1. The number of carboxylic acids is 1. The monoisotopic (exact) mass is 229 g/mol. The zero-order valence-corrected chi connectivity index (χ0v) is 9.51. The van der Waals surface area contributed by atoms with Crippen molar-refractivity contribution in [1.82, 2.24) is 15.0 Å². The van der Waals surface area contributed by atoms with E-state index in [0.717, 1.165) is 5.69 Å². The van der Waals surface area contributed by atoms with Crippen LogP contribution < -0.4 is 0 Å². The lowest BCUT2D eigenvalue weighted by atomic mass is 10.2. The van der Waals surface area contributed by atoms with Gasteiger partial charge in [-0.05, 0) is 32.0 Å². The maximum Gasteiger partial charge on any atom is 0.354 e. The maximum absolute atomic E-state index is 10.9. The molecule has 5 heteroatoms. The van der Waals surface area contributed by atoms with E-state index in [4.69, 9.17) is 5.11 Å². The summed E-state index contributed by atoms with van der Waals surface area (Å²) in [6, 6.07) is 6.89. The minimum Gasteiger partial charge on any atom is -0.477 e. The molecule has 0 saturated heterocycles. The maximum atomic E-state index is 10.9. The highest BCUT2D eigenvalue weighted by Gasteiger charge is 2.10. The Hall–Kier alpha value is -2.30. The highest BCUT2D eigenvalue weighted by atomic mass is 16.4. The standard InChI is InChI=1S/C12H11N3O2/c1-7-4-3-5-9(13-7)11-14-8(2)6-10(15-11)12(16)17/h3-6H,1-2H3,(H,16,17). The van der Waals surface area contributed by atoms with Crippen molar-refractivity contribution in [3.8, 4) is 11.5 Å². The van der Waals surface area contributed by atoms with Crippen LogP contribution in [-0.4, -0.2) is 26.0 Å². The van der Waals surface area contributed by atoms with E-state index < -0.39 is 5.97 Å². The molecule has 1 N–H and O–H groups in total. The lowest BCUT2D eigenvalue weighted by Crippen LogP contribution is -2.05. The van der Waals surface area contributed by atoms with E-state index in [-0.39, 0.29) is 5.69 Å². The Balaban J connectivity index is 2.56. The zero-order chi connectivity index (χ0) is 12.4. The van der Waals surface area contributed by atoms with Crippen LogP contribution in [0.25, 0.3) is 11.5 Å². The Morgan fingerprint density at radius 2 is 1.88 bits per heavy atom. The lowest BCUT2D eigenvalue weighted by molar-refractivity contribution is 0.0690. The number of aromatic carboxylic acids is 1. The molecule has 0 saturated carbocycles. The molecule has 17 heavy (non-hydrogen) atoms. The fourth-order valence-corrected chi connectivity index (χ4v) is 1.46. The third-order valence-corrected chi connectivity index (χ3v) is 2.19. The second-order valence-electron chi connectivity index (χ2n) is 3.69. The fraction of sp³-hybridized carbons (Fsp3) is 0.167. The van der Waals surface area contributed by atoms with E-state index in [2.05, 4.69) is 15.0 Å². The van der Waals surface area contributed by atoms with Gasteiger partial charge >= 0.3 is 5.97 Å². The average molecular weight is 229 g/mol. The summed E-state index contributed by atoms with van der Waals surface area (Å²) >= 11 is 0. The second-order valence-corrected chi connectivity index (χ2v) is 3.69. The van der Waals surface area contributed by atoms with Crippen LogP contribution in [0.4, 0.5) is 0 Å². The molecule has 0 unspecified atom stereocenters. The van der Waals surface area contributed by atoms with Crippen LogP contribution in [0.5, 0.6) is 0 Å². The first-order valence-corrected chi connectivity index (χ1v) is 5.09. The normalized spacial score (nSPS) is 10.2. The van der Waals surface area contributed by atoms with Gasteiger partial charge < -0.3 is 5.11 Å². The highest BCUT2D eigenvalue weighted by Crippen LogP contribution is 2.13. The number of rotatable bonds is 2. The van der Waals surface area contributed by atoms with Crippen molar-refractivity contribution in [2.24, 2.45) is 0 Å². The van der Waals surface area contributed by atoms with E-state index in [1.807, 2.05) is 19.1 Å². The van der Waals surface area contributed by atoms with E-state index >= 15 is 0 Å². The number of hydrogen-bond donors (Lipinski definition) is 1. The largest absolute Gasteiger partial charge is 0.477 e. The highest BCUT2D eigenvalue weighted by molar-refractivity contribution is 5.85. The first kappa shape index (κ1) is 11.2. The summed E-state index contributed by atoms with van der Waals surface area (Å²) in [7, 11) is 0. The van der Waals surface area contributed by atoms with Gasteiger partial charge in [0.15, 0.2) is 11.5 Å². The molecule has 0 bridgehead atoms. The van der Waals surface area contributed by atoms with Gasteiger partial charge in [0, 0.05) is 11.4 Å². The van der Waals surface area contributed by atoms with Gasteiger partial charge in [0.25, 0.3) is 0 Å². The predicted molar refractivity (Wildman–Crippen MR) is 61.7 cm³/mol. The molecule has 0 atom stereocenters. The molecule has 5 nitrogen and oxygen atoms in total. The molecule has 2 rings (SSSR count). The Morgan fingerprint density at radius 3 is 2.53 bits per heavy atom. The van der Waals surface area contributed by atoms with Gasteiger partial charge in [-0.15, -0.1) is 0 Å². The molecular weight excluding hydrogens is 218 g/mol. The molecule has 0 amide bonds. The summed E-state index contributed by atoms with van der Waals surface area (Å²) < 4.78 is 0. The molecule has 0 fully saturated rings.